The van der Waals surface area contributed by atoms with Gasteiger partial charge in [-0.2, -0.15) is 20.0 Å². The number of carbonyl (C=O) groups excluding carboxylic acids is 1. The molecule has 3 atom stereocenters. The molecule has 0 fully saturated rings. The summed E-state index contributed by atoms with van der Waals surface area (Å²) in [4.78, 5) is 39.5. The lowest BCUT2D eigenvalue weighted by Crippen LogP contribution is -2.14. The Morgan fingerprint density at radius 2 is 1.39 bits per heavy atom. The summed E-state index contributed by atoms with van der Waals surface area (Å²) in [5.41, 5.74) is 1.72. The molecule has 23 nitrogen and oxygen atoms in total. The second-order valence-corrected chi connectivity index (χ2v) is 20.6. The maximum Gasteiger partial charge on any atom is 0.518 e. The van der Waals surface area contributed by atoms with Gasteiger partial charge in [0.05, 0.1) is 137 Å². The largest absolute Gasteiger partial charge is 0.518 e. The van der Waals surface area contributed by atoms with Gasteiger partial charge in [-0.05, 0) is 46.2 Å². The highest BCUT2D eigenvalue weighted by molar-refractivity contribution is 7.64. The van der Waals surface area contributed by atoms with Crippen LogP contribution in [-0.2, 0) is 89.0 Å². The molecule has 3 aromatic heterocycles. The monoisotopic (exact) mass is 1150 g/mol. The maximum atomic E-state index is 13.7. The highest BCUT2D eigenvalue weighted by atomic mass is 35.5. The van der Waals surface area contributed by atoms with E-state index in [9.17, 15) is 32.0 Å². The number of benzene rings is 2. The summed E-state index contributed by atoms with van der Waals surface area (Å²) in [5.74, 6) is -3.34. The third-order valence-corrected chi connectivity index (χ3v) is 14.1. The van der Waals surface area contributed by atoms with Crippen molar-refractivity contribution in [3.05, 3.63) is 88.3 Å². The fraction of sp³-hybridized carbons (Fsp3) is 0.583. The lowest BCUT2D eigenvalue weighted by Gasteiger charge is -2.16. The van der Waals surface area contributed by atoms with Crippen LogP contribution in [-0.4, -0.2) is 169 Å². The van der Waals surface area contributed by atoms with Crippen LogP contribution in [0, 0.1) is 23.4 Å². The van der Waals surface area contributed by atoms with E-state index >= 15 is 0 Å². The van der Waals surface area contributed by atoms with Crippen LogP contribution in [0.15, 0.2) is 48.8 Å². The van der Waals surface area contributed by atoms with E-state index in [-0.39, 0.29) is 44.0 Å². The molecule has 0 saturated heterocycles. The zero-order valence-electron chi connectivity index (χ0n) is 42.8. The first-order valence-corrected chi connectivity index (χ1v) is 28.4. The molecule has 0 radical (unpaired) electrons. The number of rotatable bonds is 44. The summed E-state index contributed by atoms with van der Waals surface area (Å²) in [6, 6.07) is 8.69. The molecule has 0 saturated carbocycles. The third kappa shape index (κ3) is 25.4. The summed E-state index contributed by atoms with van der Waals surface area (Å²) in [6.07, 6.45) is 4.13. The van der Waals surface area contributed by atoms with Gasteiger partial charge >= 0.3 is 15.6 Å². The van der Waals surface area contributed by atoms with Crippen LogP contribution >= 0.6 is 27.2 Å². The van der Waals surface area contributed by atoms with Crippen LogP contribution in [0.3, 0.4) is 0 Å². The number of nitrogens with one attached hydrogen (secondary N) is 1. The predicted molar refractivity (Wildman–Crippen MR) is 274 cm³/mol. The number of anilines is 1. The van der Waals surface area contributed by atoms with Crippen molar-refractivity contribution in [2.24, 2.45) is 5.92 Å². The van der Waals surface area contributed by atoms with E-state index < -0.39 is 56.7 Å². The zero-order valence-corrected chi connectivity index (χ0v) is 45.4. The molecule has 5 aromatic rings. The minimum Gasteiger partial charge on any atom is -0.491 e. The molecule has 0 spiro atoms. The van der Waals surface area contributed by atoms with Crippen molar-refractivity contribution >= 4 is 49.9 Å². The van der Waals surface area contributed by atoms with Gasteiger partial charge in [-0.1, -0.05) is 30.7 Å². The topological polar surface area (TPSA) is 270 Å². The lowest BCUT2D eigenvalue weighted by atomic mass is 10.0. The average Bonchev–Trinajstić information content (AvgIpc) is 4.04. The number of hydrogen-bond donors (Lipinski definition) is 3. The molecule has 2 aromatic carbocycles. The number of nitrogens with zero attached hydrogens (tertiary/aromatic N) is 7. The highest BCUT2D eigenvalue weighted by Crippen LogP contribution is 2.49. The van der Waals surface area contributed by atoms with Crippen LogP contribution in [0.5, 0.6) is 5.75 Å². The number of hydrogen-bond acceptors (Lipinski definition) is 19. The van der Waals surface area contributed by atoms with Gasteiger partial charge in [0.2, 0.25) is 5.28 Å². The van der Waals surface area contributed by atoms with Gasteiger partial charge in [-0.15, -0.1) is 5.10 Å². The number of fused-ring (bicyclic) bond motifs is 1. The Bertz CT molecular complexity index is 2550. The minimum atomic E-state index is -4.16. The molecule has 0 aliphatic carbocycles. The molecule has 77 heavy (non-hydrogen) atoms. The number of halogens is 4. The second kappa shape index (κ2) is 35.8. The summed E-state index contributed by atoms with van der Waals surface area (Å²) < 4.78 is 122. The number of ketones is 1. The van der Waals surface area contributed by atoms with Crippen molar-refractivity contribution in [2.75, 3.05) is 124 Å². The third-order valence-electron chi connectivity index (χ3n) is 11.0. The van der Waals surface area contributed by atoms with Gasteiger partial charge in [0.15, 0.2) is 5.65 Å². The van der Waals surface area contributed by atoms with E-state index in [4.69, 9.17) is 63.6 Å². The molecule has 0 aliphatic rings. The van der Waals surface area contributed by atoms with Crippen LogP contribution in [0.4, 0.5) is 19.0 Å². The molecule has 5 rings (SSSR count). The first kappa shape index (κ1) is 63.2. The maximum absolute atomic E-state index is 13.7. The first-order valence-electron chi connectivity index (χ1n) is 24.9. The summed E-state index contributed by atoms with van der Waals surface area (Å²) in [5, 5.41) is 16.7. The highest BCUT2D eigenvalue weighted by Gasteiger charge is 2.32. The average molecular weight is 1150 g/mol. The van der Waals surface area contributed by atoms with Crippen molar-refractivity contribution in [3.8, 4) is 5.75 Å². The smallest absolute Gasteiger partial charge is 0.491 e. The minimum absolute atomic E-state index is 0.0372. The van der Waals surface area contributed by atoms with Gasteiger partial charge in [-0.25, -0.2) is 22.5 Å². The number of aromatic nitrogens is 7. The van der Waals surface area contributed by atoms with E-state index in [1.165, 1.54) is 0 Å². The Morgan fingerprint density at radius 3 is 2.00 bits per heavy atom. The molecule has 426 valence electrons. The summed E-state index contributed by atoms with van der Waals surface area (Å²) in [7, 11) is -6.95. The summed E-state index contributed by atoms with van der Waals surface area (Å²) in [6.45, 7) is 9.21. The molecule has 3 heterocycles. The Balaban J connectivity index is 0.779. The quantitative estimate of drug-likeness (QED) is 0.0218. The van der Waals surface area contributed by atoms with Gasteiger partial charge in [0.25, 0.3) is 5.90 Å². The standard InChI is InChI=1S/C48H66ClF3N8O15P2/c1-2-36(33-75-77(64,65)35-76(62)63)7-9-60-47-43(31-54-60)46(55-48(49)56-47)53-30-37-3-5-41(6-4-37)74-26-25-72-22-21-70-19-20-71-23-24-73-34-39-32-59(58-57-39)10-12-67-14-16-69-18-17-68-15-13-66-11-8-40(61)29-42-44(51)27-38(50)28-45(42)52/h3-6,27-28,31-32,36H,2,7-26,29-30,33-35H2,1H3,(H2-,53,54,55,56,62,63,64,65)/p+1. The van der Waals surface area contributed by atoms with Crippen molar-refractivity contribution in [2.45, 2.75) is 58.8 Å². The Hall–Kier alpha value is -4.63. The van der Waals surface area contributed by atoms with E-state index in [2.05, 4.69) is 30.7 Å². The molecule has 0 bridgehead atoms. The van der Waals surface area contributed by atoms with Gasteiger partial charge in [0, 0.05) is 43.6 Å². The molecule has 3 N–H and O–H groups in total. The number of ether oxygens (including phenoxy) is 9. The number of aryl methyl sites for hydroxylation is 1. The van der Waals surface area contributed by atoms with Gasteiger partial charge in [-0.3, -0.25) is 9.36 Å². The Morgan fingerprint density at radius 1 is 0.805 bits per heavy atom. The van der Waals surface area contributed by atoms with Crippen molar-refractivity contribution in [1.29, 1.82) is 0 Å². The van der Waals surface area contributed by atoms with Crippen molar-refractivity contribution in [3.63, 3.8) is 0 Å². The van der Waals surface area contributed by atoms with E-state index in [0.717, 1.165) is 5.56 Å². The van der Waals surface area contributed by atoms with Crippen LogP contribution in [0.1, 0.15) is 43.0 Å². The van der Waals surface area contributed by atoms with Crippen molar-refractivity contribution in [1.82, 2.24) is 34.7 Å². The SMILES string of the molecule is CCC(CCn1ncc2c(NCc3ccc(OCCOCCOCCOCCOCc4cn(CCOCCOCCOCCOCCC(=O)Cc5c(F)cc(F)cc5F)nn4)cc3)nc(Cl)nc21)COP(=O)(O)C[P+](=O)O. The summed E-state index contributed by atoms with van der Waals surface area (Å²) >= 11 is 6.28. The van der Waals surface area contributed by atoms with Crippen LogP contribution in [0.2, 0.25) is 5.28 Å². The number of carbonyl (C=O) groups is 1. The molecular weight excluding hydrogens is 1080 g/mol. The number of Topliss-reactive ketones (excluding diaryl/α,β-unsaturated/α-hetero) is 1. The normalized spacial score (nSPS) is 13.1. The molecular formula is C48H67ClF3N8O15P2+. The van der Waals surface area contributed by atoms with Crippen LogP contribution < -0.4 is 10.1 Å². The zero-order chi connectivity index (χ0) is 55.1. The molecule has 0 amide bonds. The van der Waals surface area contributed by atoms with E-state index in [1.54, 1.807) is 21.8 Å². The Kier molecular flexibility index (Phi) is 29.4. The lowest BCUT2D eigenvalue weighted by molar-refractivity contribution is -0.119. The fourth-order valence-electron chi connectivity index (χ4n) is 6.94. The van der Waals surface area contributed by atoms with Gasteiger partial charge in [0.1, 0.15) is 47.1 Å². The van der Waals surface area contributed by atoms with Crippen LogP contribution in [0.25, 0.3) is 11.0 Å². The van der Waals surface area contributed by atoms with Gasteiger partial charge < -0.3 is 57.4 Å². The molecule has 3 unspecified atom stereocenters. The van der Waals surface area contributed by atoms with Crippen molar-refractivity contribution < 1.29 is 84.0 Å². The molecule has 0 aliphatic heterocycles. The van der Waals surface area contributed by atoms with E-state index in [1.807, 2.05) is 31.2 Å². The first-order chi connectivity index (χ1) is 37.3. The predicted octanol–water partition coefficient (Wildman–Crippen LogP) is 6.32. The van der Waals surface area contributed by atoms with E-state index in [0.29, 0.717) is 165 Å². The second-order valence-electron chi connectivity index (χ2n) is 16.9. The molecule has 29 heteroatoms. The Labute approximate surface area is 449 Å². The fourth-order valence-corrected chi connectivity index (χ4v) is 9.10.